The SMILES string of the molecule is CC(C)=C(N1CCOCC1)C(F)(F)C(F)(F)F. The molecule has 0 aliphatic carbocycles. The number of morpholine rings is 1. The zero-order valence-electron chi connectivity index (χ0n) is 9.57. The zero-order valence-corrected chi connectivity index (χ0v) is 9.57. The van der Waals surface area contributed by atoms with Crippen LogP contribution < -0.4 is 0 Å². The number of allylic oxidation sites excluding steroid dienone is 2. The van der Waals surface area contributed by atoms with Crippen molar-refractivity contribution in [2.24, 2.45) is 0 Å². The third-order valence-corrected chi connectivity index (χ3v) is 2.45. The Labute approximate surface area is 96.0 Å². The Balaban J connectivity index is 3.06. The quantitative estimate of drug-likeness (QED) is 0.707. The molecule has 1 heterocycles. The molecule has 0 aromatic rings. The van der Waals surface area contributed by atoms with E-state index < -0.39 is 17.8 Å². The van der Waals surface area contributed by atoms with Gasteiger partial charge in [0.2, 0.25) is 0 Å². The molecule has 1 aliphatic heterocycles. The van der Waals surface area contributed by atoms with Crippen molar-refractivity contribution in [1.82, 2.24) is 4.90 Å². The average molecular weight is 259 g/mol. The predicted octanol–water partition coefficient (Wildman–Crippen LogP) is 2.81. The van der Waals surface area contributed by atoms with Crippen LogP contribution in [0.25, 0.3) is 0 Å². The second kappa shape index (κ2) is 4.80. The van der Waals surface area contributed by atoms with Crippen molar-refractivity contribution in [2.75, 3.05) is 26.3 Å². The Kier molecular flexibility index (Phi) is 4.01. The van der Waals surface area contributed by atoms with Crippen molar-refractivity contribution in [2.45, 2.75) is 25.9 Å². The lowest BCUT2D eigenvalue weighted by Gasteiger charge is -2.36. The Hall–Kier alpha value is -0.850. The first-order valence-electron chi connectivity index (χ1n) is 5.13. The van der Waals surface area contributed by atoms with Crippen molar-refractivity contribution in [3.63, 3.8) is 0 Å². The van der Waals surface area contributed by atoms with Gasteiger partial charge in [-0.1, -0.05) is 5.57 Å². The number of alkyl halides is 5. The summed E-state index contributed by atoms with van der Waals surface area (Å²) in [6.45, 7) is 2.92. The van der Waals surface area contributed by atoms with Crippen LogP contribution in [-0.4, -0.2) is 43.3 Å². The minimum Gasteiger partial charge on any atom is -0.378 e. The van der Waals surface area contributed by atoms with Gasteiger partial charge in [-0.3, -0.25) is 0 Å². The lowest BCUT2D eigenvalue weighted by Crippen LogP contribution is -2.48. The van der Waals surface area contributed by atoms with Gasteiger partial charge in [-0.2, -0.15) is 22.0 Å². The molecule has 0 spiro atoms. The van der Waals surface area contributed by atoms with Crippen LogP contribution in [0, 0.1) is 0 Å². The van der Waals surface area contributed by atoms with E-state index in [2.05, 4.69) is 0 Å². The van der Waals surface area contributed by atoms with Crippen molar-refractivity contribution < 1.29 is 26.7 Å². The van der Waals surface area contributed by atoms with Crippen molar-refractivity contribution >= 4 is 0 Å². The molecule has 0 aromatic heterocycles. The molecule has 2 nitrogen and oxygen atoms in total. The minimum atomic E-state index is -5.57. The van der Waals surface area contributed by atoms with Crippen LogP contribution in [0.5, 0.6) is 0 Å². The Bertz CT molecular complexity index is 300. The van der Waals surface area contributed by atoms with Crippen molar-refractivity contribution in [3.05, 3.63) is 11.3 Å². The highest BCUT2D eigenvalue weighted by Crippen LogP contribution is 2.43. The third kappa shape index (κ3) is 2.88. The lowest BCUT2D eigenvalue weighted by atomic mass is 10.1. The van der Waals surface area contributed by atoms with Crippen LogP contribution >= 0.6 is 0 Å². The molecule has 0 amide bonds. The first kappa shape index (κ1) is 14.2. The highest BCUT2D eigenvalue weighted by molar-refractivity contribution is 5.20. The number of nitrogens with zero attached hydrogens (tertiary/aromatic N) is 1. The first-order chi connectivity index (χ1) is 7.68. The Morgan fingerprint density at radius 2 is 1.47 bits per heavy atom. The largest absolute Gasteiger partial charge is 0.459 e. The van der Waals surface area contributed by atoms with Crippen LogP contribution in [0.4, 0.5) is 22.0 Å². The van der Waals surface area contributed by atoms with Gasteiger partial charge < -0.3 is 9.64 Å². The number of ether oxygens (including phenoxy) is 1. The molecule has 0 unspecified atom stereocenters. The van der Waals surface area contributed by atoms with E-state index in [4.69, 9.17) is 4.74 Å². The Morgan fingerprint density at radius 1 is 1.00 bits per heavy atom. The summed E-state index contributed by atoms with van der Waals surface area (Å²) in [5.74, 6) is -4.82. The molecular weight excluding hydrogens is 245 g/mol. The topological polar surface area (TPSA) is 12.5 Å². The van der Waals surface area contributed by atoms with Crippen LogP contribution in [0.2, 0.25) is 0 Å². The highest BCUT2D eigenvalue weighted by atomic mass is 19.4. The van der Waals surface area contributed by atoms with Gasteiger partial charge in [-0.05, 0) is 13.8 Å². The number of hydrogen-bond donors (Lipinski definition) is 0. The van der Waals surface area contributed by atoms with Crippen LogP contribution in [0.15, 0.2) is 11.3 Å². The maximum atomic E-state index is 13.4. The summed E-state index contributed by atoms with van der Waals surface area (Å²) in [5.41, 5.74) is -0.984. The molecule has 7 heteroatoms. The van der Waals surface area contributed by atoms with Gasteiger partial charge >= 0.3 is 12.1 Å². The van der Waals surface area contributed by atoms with E-state index in [9.17, 15) is 22.0 Å². The Morgan fingerprint density at radius 3 is 1.82 bits per heavy atom. The molecule has 100 valence electrons. The fourth-order valence-electron chi connectivity index (χ4n) is 1.75. The summed E-state index contributed by atoms with van der Waals surface area (Å²) >= 11 is 0. The molecule has 1 fully saturated rings. The summed E-state index contributed by atoms with van der Waals surface area (Å²) in [4.78, 5) is 1.05. The molecule has 1 rings (SSSR count). The summed E-state index contributed by atoms with van der Waals surface area (Å²) in [5, 5.41) is 0. The van der Waals surface area contributed by atoms with E-state index in [0.717, 1.165) is 4.90 Å². The van der Waals surface area contributed by atoms with Gasteiger partial charge in [0, 0.05) is 13.1 Å². The predicted molar refractivity (Wildman–Crippen MR) is 51.8 cm³/mol. The van der Waals surface area contributed by atoms with E-state index in [0.29, 0.717) is 0 Å². The molecule has 1 saturated heterocycles. The van der Waals surface area contributed by atoms with Gasteiger partial charge in [-0.15, -0.1) is 0 Å². The second-order valence-corrected chi connectivity index (χ2v) is 4.02. The highest BCUT2D eigenvalue weighted by Gasteiger charge is 2.61. The van der Waals surface area contributed by atoms with Crippen molar-refractivity contribution in [3.8, 4) is 0 Å². The first-order valence-corrected chi connectivity index (χ1v) is 5.13. The number of halogens is 5. The summed E-state index contributed by atoms with van der Waals surface area (Å²) < 4.78 is 68.7. The van der Waals surface area contributed by atoms with Gasteiger partial charge in [0.25, 0.3) is 0 Å². The van der Waals surface area contributed by atoms with E-state index >= 15 is 0 Å². The summed E-state index contributed by atoms with van der Waals surface area (Å²) in [7, 11) is 0. The zero-order chi connectivity index (χ0) is 13.3. The molecule has 17 heavy (non-hydrogen) atoms. The third-order valence-electron chi connectivity index (χ3n) is 2.45. The molecule has 0 N–H and O–H groups in total. The lowest BCUT2D eigenvalue weighted by molar-refractivity contribution is -0.272. The molecular formula is C10H14F5NO. The van der Waals surface area contributed by atoms with Gasteiger partial charge in [-0.25, -0.2) is 0 Å². The van der Waals surface area contributed by atoms with E-state index in [1.54, 1.807) is 0 Å². The molecule has 0 atom stereocenters. The molecule has 0 radical (unpaired) electrons. The summed E-state index contributed by atoms with van der Waals surface area (Å²) in [6, 6.07) is 0. The molecule has 0 saturated carbocycles. The molecule has 0 aromatic carbocycles. The normalized spacial score (nSPS) is 18.2. The maximum absolute atomic E-state index is 13.4. The van der Waals surface area contributed by atoms with E-state index in [1.165, 1.54) is 13.8 Å². The van der Waals surface area contributed by atoms with Crippen molar-refractivity contribution in [1.29, 1.82) is 0 Å². The number of rotatable bonds is 2. The van der Waals surface area contributed by atoms with Crippen LogP contribution in [0.1, 0.15) is 13.8 Å². The van der Waals surface area contributed by atoms with Crippen LogP contribution in [-0.2, 0) is 4.74 Å². The maximum Gasteiger partial charge on any atom is 0.459 e. The minimum absolute atomic E-state index is 0.0331. The second-order valence-electron chi connectivity index (χ2n) is 4.02. The standard InChI is InChI=1S/C10H14F5NO/c1-7(2)8(9(11,12)10(13,14)15)16-3-5-17-6-4-16/h3-6H2,1-2H3. The van der Waals surface area contributed by atoms with E-state index in [-0.39, 0.29) is 31.9 Å². The van der Waals surface area contributed by atoms with Crippen LogP contribution in [0.3, 0.4) is 0 Å². The fourth-order valence-corrected chi connectivity index (χ4v) is 1.75. The van der Waals surface area contributed by atoms with Gasteiger partial charge in [0.05, 0.1) is 18.9 Å². The summed E-state index contributed by atoms with van der Waals surface area (Å²) in [6.07, 6.45) is -5.57. The number of hydrogen-bond acceptors (Lipinski definition) is 2. The average Bonchev–Trinajstić information content (AvgIpc) is 2.16. The monoisotopic (exact) mass is 259 g/mol. The fraction of sp³-hybridized carbons (Fsp3) is 0.800. The molecule has 1 aliphatic rings. The van der Waals surface area contributed by atoms with Gasteiger partial charge in [0.15, 0.2) is 0 Å². The smallest absolute Gasteiger partial charge is 0.378 e. The van der Waals surface area contributed by atoms with E-state index in [1.807, 2.05) is 0 Å². The molecule has 0 bridgehead atoms. The van der Waals surface area contributed by atoms with Gasteiger partial charge in [0.1, 0.15) is 0 Å².